The summed E-state index contributed by atoms with van der Waals surface area (Å²) in [6, 6.07) is 19.7. The molecule has 1 unspecified atom stereocenters. The molecule has 0 radical (unpaired) electrons. The van der Waals surface area contributed by atoms with Gasteiger partial charge in [-0.1, -0.05) is 78.9 Å². The van der Waals surface area contributed by atoms with Crippen molar-refractivity contribution in [1.82, 2.24) is 5.32 Å². The molecule has 3 aromatic rings. The van der Waals surface area contributed by atoms with Crippen molar-refractivity contribution < 1.29 is 4.74 Å². The van der Waals surface area contributed by atoms with Crippen molar-refractivity contribution in [2.75, 3.05) is 0 Å². The number of benzene rings is 3. The Labute approximate surface area is 202 Å². The summed E-state index contributed by atoms with van der Waals surface area (Å²) >= 11 is 0. The van der Waals surface area contributed by atoms with Crippen LogP contribution in [0.4, 0.5) is 0 Å². The average Bonchev–Trinajstić information content (AvgIpc) is 3.21. The Bertz CT molecular complexity index is 1240. The molecule has 3 N–H and O–H groups in total. The number of aryl methyl sites for hydroxylation is 1. The van der Waals surface area contributed by atoms with Gasteiger partial charge in [-0.3, -0.25) is 0 Å². The second kappa shape index (κ2) is 10.7. The number of hydrogen-bond donors (Lipinski definition) is 2. The third-order valence-electron chi connectivity index (χ3n) is 6.69. The van der Waals surface area contributed by atoms with Crippen molar-refractivity contribution >= 4 is 16.8 Å². The van der Waals surface area contributed by atoms with Crippen LogP contribution in [-0.2, 0) is 24.2 Å². The Morgan fingerprint density at radius 3 is 2.50 bits per heavy atom. The van der Waals surface area contributed by atoms with Crippen molar-refractivity contribution in [2.24, 2.45) is 5.73 Å². The summed E-state index contributed by atoms with van der Waals surface area (Å²) in [6.45, 7) is 0.628. The summed E-state index contributed by atoms with van der Waals surface area (Å²) in [5, 5.41) is 5.63. The fourth-order valence-corrected chi connectivity index (χ4v) is 5.02. The van der Waals surface area contributed by atoms with Gasteiger partial charge in [0.25, 0.3) is 0 Å². The average molecular weight is 449 g/mol. The van der Waals surface area contributed by atoms with Gasteiger partial charge in [0.2, 0.25) is 0 Å². The molecule has 0 aromatic heterocycles. The van der Waals surface area contributed by atoms with Crippen molar-refractivity contribution in [2.45, 2.75) is 44.4 Å². The van der Waals surface area contributed by atoms with Crippen molar-refractivity contribution in [3.05, 3.63) is 125 Å². The molecular formula is C31H32N2O. The van der Waals surface area contributed by atoms with E-state index in [4.69, 9.17) is 10.5 Å². The van der Waals surface area contributed by atoms with Crippen molar-refractivity contribution in [3.8, 4) is 0 Å². The Morgan fingerprint density at radius 2 is 1.68 bits per heavy atom. The van der Waals surface area contributed by atoms with Crippen LogP contribution in [0.25, 0.3) is 16.8 Å². The van der Waals surface area contributed by atoms with Crippen LogP contribution in [0, 0.1) is 0 Å². The fraction of sp³-hybridized carbons (Fsp3) is 0.226. The third kappa shape index (κ3) is 5.06. The topological polar surface area (TPSA) is 47.3 Å². The third-order valence-corrected chi connectivity index (χ3v) is 6.69. The molecule has 2 atom stereocenters. The van der Waals surface area contributed by atoms with E-state index < -0.39 is 0 Å². The smallest absolute Gasteiger partial charge is 0.0847 e. The van der Waals surface area contributed by atoms with Crippen molar-refractivity contribution in [3.63, 3.8) is 0 Å². The summed E-state index contributed by atoms with van der Waals surface area (Å²) in [5.41, 5.74) is 13.2. The number of fused-ring (bicyclic) bond motifs is 5. The van der Waals surface area contributed by atoms with E-state index in [1.807, 2.05) is 42.8 Å². The predicted molar refractivity (Wildman–Crippen MR) is 142 cm³/mol. The van der Waals surface area contributed by atoms with Gasteiger partial charge >= 0.3 is 0 Å². The van der Waals surface area contributed by atoms with Crippen LogP contribution < -0.4 is 11.1 Å². The first-order valence-electron chi connectivity index (χ1n) is 12.2. The highest BCUT2D eigenvalue weighted by atomic mass is 16.5. The van der Waals surface area contributed by atoms with Gasteiger partial charge < -0.3 is 15.8 Å². The second-order valence-electron chi connectivity index (χ2n) is 9.06. The van der Waals surface area contributed by atoms with Gasteiger partial charge in [-0.05, 0) is 76.4 Å². The first-order valence-corrected chi connectivity index (χ1v) is 12.2. The molecule has 3 aliphatic rings. The molecule has 34 heavy (non-hydrogen) atoms. The van der Waals surface area contributed by atoms with E-state index in [1.165, 1.54) is 38.6 Å². The Kier molecular flexibility index (Phi) is 7.04. The normalized spacial score (nSPS) is 20.0. The summed E-state index contributed by atoms with van der Waals surface area (Å²) in [5.74, 6) is 0. The maximum Gasteiger partial charge on any atom is 0.0847 e. The standard InChI is InChI=1S/C25H25NO.C6H7N/c26-19-14-24-22-11-10-18-8-4-5-9-20(18)21(22)12-13-23(24)25(15-19)27-16-17-6-2-1-3-7-17;1-2-4-6-7-5-3-1/h1-3,5-7,9-13,19,25H,4,8,14-16,26H2;1-7H/t19-,25?;/m1./s1. The van der Waals surface area contributed by atoms with Crippen LogP contribution in [0.15, 0.2) is 97.4 Å². The molecule has 0 saturated carbocycles. The summed E-state index contributed by atoms with van der Waals surface area (Å²) in [6.07, 6.45) is 20.3. The van der Waals surface area contributed by atoms with Gasteiger partial charge in [0.1, 0.15) is 0 Å². The van der Waals surface area contributed by atoms with E-state index in [9.17, 15) is 0 Å². The lowest BCUT2D eigenvalue weighted by atomic mass is 9.81. The van der Waals surface area contributed by atoms with Crippen molar-refractivity contribution in [1.29, 1.82) is 0 Å². The minimum atomic E-state index is 0.0694. The molecule has 0 saturated heterocycles. The summed E-state index contributed by atoms with van der Waals surface area (Å²) in [4.78, 5) is 0. The highest BCUT2D eigenvalue weighted by Crippen LogP contribution is 2.39. The van der Waals surface area contributed by atoms with E-state index >= 15 is 0 Å². The molecule has 0 fully saturated rings. The van der Waals surface area contributed by atoms with Gasteiger partial charge in [0, 0.05) is 18.4 Å². The Morgan fingerprint density at radius 1 is 0.882 bits per heavy atom. The highest BCUT2D eigenvalue weighted by Gasteiger charge is 2.27. The van der Waals surface area contributed by atoms with Gasteiger partial charge in [-0.2, -0.15) is 0 Å². The van der Waals surface area contributed by atoms with Crippen LogP contribution in [-0.4, -0.2) is 6.04 Å². The zero-order chi connectivity index (χ0) is 23.2. The van der Waals surface area contributed by atoms with Crippen LogP contribution in [0.3, 0.4) is 0 Å². The zero-order valence-electron chi connectivity index (χ0n) is 19.5. The number of ether oxygens (including phenoxy) is 1. The number of rotatable bonds is 3. The molecule has 0 spiro atoms. The summed E-state index contributed by atoms with van der Waals surface area (Å²) < 4.78 is 6.33. The molecular weight excluding hydrogens is 416 g/mol. The lowest BCUT2D eigenvalue weighted by Gasteiger charge is -2.31. The lowest BCUT2D eigenvalue weighted by molar-refractivity contribution is 0.0248. The maximum atomic E-state index is 6.44. The number of nitrogens with one attached hydrogen (secondary N) is 1. The van der Waals surface area contributed by atoms with Crippen LogP contribution in [0.2, 0.25) is 0 Å². The maximum absolute atomic E-state index is 6.44. The molecule has 0 amide bonds. The number of nitrogens with two attached hydrogens (primary N) is 1. The number of allylic oxidation sites excluding steroid dienone is 5. The van der Waals surface area contributed by atoms with Gasteiger partial charge in [0.15, 0.2) is 0 Å². The van der Waals surface area contributed by atoms with E-state index in [2.05, 4.69) is 66.0 Å². The van der Waals surface area contributed by atoms with E-state index in [0.29, 0.717) is 6.61 Å². The molecule has 2 aliphatic carbocycles. The van der Waals surface area contributed by atoms with Crippen LogP contribution >= 0.6 is 0 Å². The largest absolute Gasteiger partial charge is 0.369 e. The van der Waals surface area contributed by atoms with Gasteiger partial charge in [0.05, 0.1) is 12.7 Å². The molecule has 3 nitrogen and oxygen atoms in total. The van der Waals surface area contributed by atoms with Gasteiger partial charge in [-0.25, -0.2) is 0 Å². The Hall–Kier alpha value is -3.40. The first-order chi connectivity index (χ1) is 16.8. The molecule has 1 aliphatic heterocycles. The number of hydrogen-bond acceptors (Lipinski definition) is 3. The monoisotopic (exact) mass is 448 g/mol. The predicted octanol–water partition coefficient (Wildman–Crippen LogP) is 6.50. The van der Waals surface area contributed by atoms with Gasteiger partial charge in [-0.15, -0.1) is 0 Å². The van der Waals surface area contributed by atoms with E-state index in [-0.39, 0.29) is 12.1 Å². The zero-order valence-corrected chi connectivity index (χ0v) is 19.5. The molecule has 1 heterocycles. The minimum absolute atomic E-state index is 0.0694. The second-order valence-corrected chi connectivity index (χ2v) is 9.06. The minimum Gasteiger partial charge on any atom is -0.369 e. The highest BCUT2D eigenvalue weighted by molar-refractivity contribution is 5.95. The quantitative estimate of drug-likeness (QED) is 0.480. The fourth-order valence-electron chi connectivity index (χ4n) is 5.02. The SMILES string of the molecule is C1=CC=CNC=C1.N[C@@H]1Cc2c(ccc3c4c(ccc23)CCC=C4)C(OCc2ccccc2)C1. The van der Waals surface area contributed by atoms with Crippen LogP contribution in [0.1, 0.15) is 46.8 Å². The van der Waals surface area contributed by atoms with Crippen LogP contribution in [0.5, 0.6) is 0 Å². The Balaban J connectivity index is 0.000000297. The lowest BCUT2D eigenvalue weighted by Crippen LogP contribution is -2.31. The molecule has 0 bridgehead atoms. The first kappa shape index (κ1) is 22.4. The molecule has 3 aromatic carbocycles. The molecule has 172 valence electrons. The molecule has 6 rings (SSSR count). The van der Waals surface area contributed by atoms with E-state index in [0.717, 1.165) is 25.7 Å². The molecule has 3 heteroatoms. The van der Waals surface area contributed by atoms with E-state index in [1.54, 1.807) is 0 Å². The summed E-state index contributed by atoms with van der Waals surface area (Å²) in [7, 11) is 0.